The Morgan fingerprint density at radius 3 is 1.81 bits per heavy atom. The Balaban J connectivity index is 2.24. The number of benzene rings is 2. The van der Waals surface area contributed by atoms with Gasteiger partial charge in [-0.3, -0.25) is 0 Å². The number of hydrogen-bond acceptors (Lipinski definition) is 1. The maximum atomic E-state index is 5.53. The lowest BCUT2D eigenvalue weighted by Crippen LogP contribution is -2.02. The highest BCUT2D eigenvalue weighted by molar-refractivity contribution is 5.63. The van der Waals surface area contributed by atoms with Crippen LogP contribution in [0.4, 0.5) is 0 Å². The molecule has 0 radical (unpaired) electrons. The highest BCUT2D eigenvalue weighted by Gasteiger charge is 1.97. The summed E-state index contributed by atoms with van der Waals surface area (Å²) in [4.78, 5) is 0. The molecular formula is C15H17N. The molecule has 2 N–H and O–H groups in total. The normalized spacial score (nSPS) is 10.4. The van der Waals surface area contributed by atoms with Crippen molar-refractivity contribution < 1.29 is 0 Å². The fourth-order valence-corrected chi connectivity index (χ4v) is 1.78. The summed E-state index contributed by atoms with van der Waals surface area (Å²) in [5.41, 5.74) is 10.7. The molecule has 0 fully saturated rings. The van der Waals surface area contributed by atoms with E-state index in [0.29, 0.717) is 6.54 Å². The average molecular weight is 211 g/mol. The fraction of sp³-hybridized carbons (Fsp3) is 0.200. The minimum absolute atomic E-state index is 0.712. The second-order valence-corrected chi connectivity index (χ2v) is 4.10. The third-order valence-electron chi connectivity index (χ3n) is 2.77. The Morgan fingerprint density at radius 1 is 0.812 bits per heavy atom. The van der Waals surface area contributed by atoms with E-state index in [0.717, 1.165) is 6.42 Å². The zero-order valence-corrected chi connectivity index (χ0v) is 9.61. The maximum absolute atomic E-state index is 5.53. The number of nitrogens with two attached hydrogens (primary N) is 1. The number of rotatable bonds is 3. The fourth-order valence-electron chi connectivity index (χ4n) is 1.78. The van der Waals surface area contributed by atoms with Gasteiger partial charge in [0.2, 0.25) is 0 Å². The summed E-state index contributed by atoms with van der Waals surface area (Å²) in [6, 6.07) is 17.2. The quantitative estimate of drug-likeness (QED) is 0.829. The van der Waals surface area contributed by atoms with E-state index in [2.05, 4.69) is 55.5 Å². The first-order valence-corrected chi connectivity index (χ1v) is 5.65. The van der Waals surface area contributed by atoms with Crippen LogP contribution in [0, 0.1) is 6.92 Å². The van der Waals surface area contributed by atoms with Crippen molar-refractivity contribution in [1.82, 2.24) is 0 Å². The van der Waals surface area contributed by atoms with Gasteiger partial charge in [0, 0.05) is 0 Å². The summed E-state index contributed by atoms with van der Waals surface area (Å²) in [5, 5.41) is 0. The van der Waals surface area contributed by atoms with Crippen LogP contribution in [0.2, 0.25) is 0 Å². The molecule has 2 rings (SSSR count). The second kappa shape index (κ2) is 4.95. The van der Waals surface area contributed by atoms with Crippen molar-refractivity contribution in [1.29, 1.82) is 0 Å². The summed E-state index contributed by atoms with van der Waals surface area (Å²) >= 11 is 0. The SMILES string of the molecule is Cc1ccc(-c2ccc(CCN)cc2)cc1. The molecule has 0 aliphatic rings. The van der Waals surface area contributed by atoms with Crippen LogP contribution < -0.4 is 5.73 Å². The summed E-state index contributed by atoms with van der Waals surface area (Å²) in [5.74, 6) is 0. The van der Waals surface area contributed by atoms with E-state index in [1.165, 1.54) is 22.3 Å². The molecule has 1 heteroatoms. The third kappa shape index (κ3) is 2.50. The van der Waals surface area contributed by atoms with Crippen LogP contribution in [-0.2, 0) is 6.42 Å². The third-order valence-corrected chi connectivity index (χ3v) is 2.77. The monoisotopic (exact) mass is 211 g/mol. The van der Waals surface area contributed by atoms with Crippen molar-refractivity contribution in [2.45, 2.75) is 13.3 Å². The van der Waals surface area contributed by atoms with Crippen molar-refractivity contribution in [3.8, 4) is 11.1 Å². The molecule has 2 aromatic rings. The van der Waals surface area contributed by atoms with Crippen molar-refractivity contribution >= 4 is 0 Å². The summed E-state index contributed by atoms with van der Waals surface area (Å²) in [6.45, 7) is 2.82. The zero-order chi connectivity index (χ0) is 11.4. The molecule has 0 aliphatic heterocycles. The van der Waals surface area contributed by atoms with Crippen LogP contribution in [0.5, 0.6) is 0 Å². The number of hydrogen-bond donors (Lipinski definition) is 1. The van der Waals surface area contributed by atoms with Crippen molar-refractivity contribution in [3.05, 3.63) is 59.7 Å². The molecule has 0 saturated heterocycles. The zero-order valence-electron chi connectivity index (χ0n) is 9.61. The molecule has 2 aromatic carbocycles. The molecule has 0 saturated carbocycles. The minimum Gasteiger partial charge on any atom is -0.330 e. The predicted octanol–water partition coefficient (Wildman–Crippen LogP) is 3.16. The maximum Gasteiger partial charge on any atom is -0.00367 e. The molecule has 16 heavy (non-hydrogen) atoms. The van der Waals surface area contributed by atoms with E-state index in [9.17, 15) is 0 Å². The Hall–Kier alpha value is -1.60. The Labute approximate surface area is 96.9 Å². The second-order valence-electron chi connectivity index (χ2n) is 4.10. The molecule has 0 aliphatic carbocycles. The molecule has 0 unspecified atom stereocenters. The summed E-state index contributed by atoms with van der Waals surface area (Å²) in [6.07, 6.45) is 0.953. The smallest absolute Gasteiger partial charge is 0.00367 e. The van der Waals surface area contributed by atoms with Gasteiger partial charge in [0.25, 0.3) is 0 Å². The van der Waals surface area contributed by atoms with Crippen molar-refractivity contribution in [2.75, 3.05) is 6.54 Å². The predicted molar refractivity (Wildman–Crippen MR) is 69.4 cm³/mol. The Kier molecular flexibility index (Phi) is 3.37. The van der Waals surface area contributed by atoms with Gasteiger partial charge in [-0.2, -0.15) is 0 Å². The summed E-state index contributed by atoms with van der Waals surface area (Å²) < 4.78 is 0. The molecule has 0 aromatic heterocycles. The van der Waals surface area contributed by atoms with E-state index in [1.807, 2.05) is 0 Å². The van der Waals surface area contributed by atoms with Gasteiger partial charge in [0.15, 0.2) is 0 Å². The van der Waals surface area contributed by atoms with Gasteiger partial charge in [-0.05, 0) is 36.6 Å². The van der Waals surface area contributed by atoms with Crippen LogP contribution >= 0.6 is 0 Å². The average Bonchev–Trinajstić information content (AvgIpc) is 2.32. The first-order chi connectivity index (χ1) is 7.79. The molecular weight excluding hydrogens is 194 g/mol. The van der Waals surface area contributed by atoms with Crippen LogP contribution in [-0.4, -0.2) is 6.54 Å². The largest absolute Gasteiger partial charge is 0.330 e. The van der Waals surface area contributed by atoms with Gasteiger partial charge in [-0.15, -0.1) is 0 Å². The molecule has 0 bridgehead atoms. The van der Waals surface area contributed by atoms with Crippen LogP contribution in [0.1, 0.15) is 11.1 Å². The van der Waals surface area contributed by atoms with Crippen LogP contribution in [0.25, 0.3) is 11.1 Å². The van der Waals surface area contributed by atoms with E-state index in [4.69, 9.17) is 5.73 Å². The van der Waals surface area contributed by atoms with E-state index in [-0.39, 0.29) is 0 Å². The minimum atomic E-state index is 0.712. The summed E-state index contributed by atoms with van der Waals surface area (Å²) in [7, 11) is 0. The Bertz CT molecular complexity index is 440. The van der Waals surface area contributed by atoms with Gasteiger partial charge in [-0.25, -0.2) is 0 Å². The molecule has 82 valence electrons. The van der Waals surface area contributed by atoms with E-state index in [1.54, 1.807) is 0 Å². The van der Waals surface area contributed by atoms with Gasteiger partial charge in [-0.1, -0.05) is 54.1 Å². The van der Waals surface area contributed by atoms with E-state index < -0.39 is 0 Å². The number of aryl methyl sites for hydroxylation is 1. The molecule has 0 heterocycles. The standard InChI is InChI=1S/C15H17N/c1-12-2-6-14(7-3-12)15-8-4-13(5-9-15)10-11-16/h2-9H,10-11,16H2,1H3. The van der Waals surface area contributed by atoms with E-state index >= 15 is 0 Å². The topological polar surface area (TPSA) is 26.0 Å². The van der Waals surface area contributed by atoms with Crippen LogP contribution in [0.15, 0.2) is 48.5 Å². The molecule has 0 spiro atoms. The van der Waals surface area contributed by atoms with Gasteiger partial charge >= 0.3 is 0 Å². The Morgan fingerprint density at radius 2 is 1.31 bits per heavy atom. The van der Waals surface area contributed by atoms with Crippen molar-refractivity contribution in [3.63, 3.8) is 0 Å². The van der Waals surface area contributed by atoms with Gasteiger partial charge < -0.3 is 5.73 Å². The first kappa shape index (κ1) is 10.9. The lowest BCUT2D eigenvalue weighted by atomic mass is 10.0. The lowest BCUT2D eigenvalue weighted by Gasteiger charge is -2.04. The van der Waals surface area contributed by atoms with Gasteiger partial charge in [0.05, 0.1) is 0 Å². The van der Waals surface area contributed by atoms with Crippen molar-refractivity contribution in [2.24, 2.45) is 5.73 Å². The highest BCUT2D eigenvalue weighted by atomic mass is 14.5. The molecule has 0 atom stereocenters. The highest BCUT2D eigenvalue weighted by Crippen LogP contribution is 2.20. The van der Waals surface area contributed by atoms with Crippen LogP contribution in [0.3, 0.4) is 0 Å². The molecule has 1 nitrogen and oxygen atoms in total. The first-order valence-electron chi connectivity index (χ1n) is 5.65. The lowest BCUT2D eigenvalue weighted by molar-refractivity contribution is 0.969. The van der Waals surface area contributed by atoms with Gasteiger partial charge in [0.1, 0.15) is 0 Å². The molecule has 0 amide bonds.